The van der Waals surface area contributed by atoms with E-state index in [-0.39, 0.29) is 62.2 Å². The lowest BCUT2D eigenvalue weighted by Crippen LogP contribution is -2.69. The Morgan fingerprint density at radius 2 is 1.68 bits per heavy atom. The number of hydrogen-bond acceptors (Lipinski definition) is 11. The van der Waals surface area contributed by atoms with Crippen molar-refractivity contribution in [2.45, 2.75) is 69.3 Å². The van der Waals surface area contributed by atoms with E-state index in [1.165, 1.54) is 12.1 Å². The SMILES string of the molecule is C=CCO[C@@]12Oc3ccc(Oc4cccc(C=O)c4)cc3[C@H]3[C@H](CCCCO)[C@@H](CCCCO)C=C(C(=NOCc4ccc([N+](=O)[O-])cc4)C[C@@H]1N(C)C(=O)c1ccc4ccccc4c1)[C@H]32. The number of aliphatic hydroxyl groups excluding tert-OH is 2. The number of fused-ring (bicyclic) bond motifs is 3. The summed E-state index contributed by atoms with van der Waals surface area (Å²) in [6, 6.07) is 31.6. The minimum Gasteiger partial charge on any atom is -0.459 e. The van der Waals surface area contributed by atoms with Gasteiger partial charge in [0.05, 0.1) is 23.2 Å². The maximum Gasteiger partial charge on any atom is 0.269 e. The van der Waals surface area contributed by atoms with Crippen molar-refractivity contribution in [2.75, 3.05) is 26.9 Å². The molecule has 13 heteroatoms. The summed E-state index contributed by atoms with van der Waals surface area (Å²) < 4.78 is 20.8. The molecule has 3 aliphatic rings. The molecule has 13 nitrogen and oxygen atoms in total. The number of nitro groups is 1. The zero-order chi connectivity index (χ0) is 46.2. The number of ether oxygens (including phenoxy) is 3. The number of allylic oxidation sites excluding steroid dienone is 1. The van der Waals surface area contributed by atoms with Crippen molar-refractivity contribution >= 4 is 34.4 Å². The Labute approximate surface area is 384 Å². The van der Waals surface area contributed by atoms with Gasteiger partial charge in [0.25, 0.3) is 11.6 Å². The van der Waals surface area contributed by atoms with Gasteiger partial charge in [-0.2, -0.15) is 0 Å². The average molecular weight is 894 g/mol. The molecule has 2 N–H and O–H groups in total. The number of nitro benzene ring substituents is 1. The molecule has 1 saturated carbocycles. The first-order valence-electron chi connectivity index (χ1n) is 22.6. The summed E-state index contributed by atoms with van der Waals surface area (Å²) in [6.45, 7) is 4.27. The van der Waals surface area contributed by atoms with Crippen LogP contribution in [0.2, 0.25) is 0 Å². The lowest BCUT2D eigenvalue weighted by Gasteiger charge is -2.59. The van der Waals surface area contributed by atoms with Crippen LogP contribution in [0.3, 0.4) is 0 Å². The summed E-state index contributed by atoms with van der Waals surface area (Å²) in [5, 5.41) is 38.1. The smallest absolute Gasteiger partial charge is 0.269 e. The van der Waals surface area contributed by atoms with Gasteiger partial charge in [0.2, 0.25) is 5.79 Å². The maximum absolute atomic E-state index is 14.9. The molecule has 1 aliphatic heterocycles. The Balaban J connectivity index is 1.30. The predicted octanol–water partition coefficient (Wildman–Crippen LogP) is 9.96. The van der Waals surface area contributed by atoms with E-state index in [4.69, 9.17) is 24.2 Å². The van der Waals surface area contributed by atoms with E-state index in [2.05, 4.69) is 12.7 Å². The zero-order valence-electron chi connectivity index (χ0n) is 37.0. The fourth-order valence-electron chi connectivity index (χ4n) is 10.1. The van der Waals surface area contributed by atoms with Crippen LogP contribution in [0.25, 0.3) is 10.8 Å². The summed E-state index contributed by atoms with van der Waals surface area (Å²) in [5.74, 6) is -0.977. The van der Waals surface area contributed by atoms with Gasteiger partial charge < -0.3 is 34.2 Å². The van der Waals surface area contributed by atoms with Crippen LogP contribution >= 0.6 is 0 Å². The van der Waals surface area contributed by atoms with Gasteiger partial charge in [0.15, 0.2) is 0 Å². The number of rotatable bonds is 20. The molecule has 5 aromatic rings. The zero-order valence-corrected chi connectivity index (χ0v) is 37.0. The molecule has 1 heterocycles. The molecule has 0 spiro atoms. The molecule has 8 rings (SSSR count). The standard InChI is InChI=1S/C53H55N3O10/c1-3-27-63-53-49(55(2)52(60)40-20-19-37-12-4-5-13-38(37)29-40)32-47(54-64-34-35-17-21-41(22-18-35)56(61)62)45-30-39(14-6-8-25-57)44(16-7-9-26-58)50(51(45)53)46-31-43(23-24-48(46)66-53)65-42-15-10-11-36(28-42)33-59/h3-5,10-13,15,17-24,28-31,33,39,44,49-51,57-58H,1,6-9,14,16,25-27,32,34H2,2H3/t39-,44+,49-,50+,51+,53+/m0/s1. The Bertz CT molecular complexity index is 2630. The molecule has 0 aromatic heterocycles. The van der Waals surface area contributed by atoms with Gasteiger partial charge >= 0.3 is 0 Å². The maximum atomic E-state index is 14.9. The fraction of sp³-hybridized carbons (Fsp3) is 0.340. The number of benzene rings is 5. The highest BCUT2D eigenvalue weighted by atomic mass is 16.7. The number of hydrogen-bond donors (Lipinski definition) is 2. The number of non-ortho nitro benzene ring substituents is 1. The van der Waals surface area contributed by atoms with E-state index in [1.807, 2.05) is 60.7 Å². The van der Waals surface area contributed by atoms with Crippen LogP contribution in [0.5, 0.6) is 17.2 Å². The topological polar surface area (TPSA) is 170 Å². The number of carbonyl (C=O) groups is 2. The van der Waals surface area contributed by atoms with Crippen LogP contribution in [0.4, 0.5) is 5.69 Å². The lowest BCUT2D eigenvalue weighted by molar-refractivity contribution is -0.384. The van der Waals surface area contributed by atoms with Crippen molar-refractivity contribution < 1.29 is 43.8 Å². The molecule has 342 valence electrons. The van der Waals surface area contributed by atoms with E-state index in [9.17, 15) is 29.9 Å². The molecule has 2 aliphatic carbocycles. The number of nitrogens with zero attached hydrogens (tertiary/aromatic N) is 3. The van der Waals surface area contributed by atoms with Crippen molar-refractivity contribution in [1.29, 1.82) is 0 Å². The Morgan fingerprint density at radius 1 is 0.924 bits per heavy atom. The number of amides is 1. The normalized spacial score (nSPS) is 22.3. The molecular weight excluding hydrogens is 839 g/mol. The highest BCUT2D eigenvalue weighted by molar-refractivity contribution is 6.04. The monoisotopic (exact) mass is 893 g/mol. The van der Waals surface area contributed by atoms with E-state index < -0.39 is 22.7 Å². The molecule has 66 heavy (non-hydrogen) atoms. The Kier molecular flexibility index (Phi) is 14.4. The van der Waals surface area contributed by atoms with Gasteiger partial charge in [-0.1, -0.05) is 72.6 Å². The summed E-state index contributed by atoms with van der Waals surface area (Å²) in [6.07, 6.45) is 9.18. The van der Waals surface area contributed by atoms with E-state index in [0.29, 0.717) is 52.5 Å². The minimum atomic E-state index is -1.47. The van der Waals surface area contributed by atoms with Gasteiger partial charge in [0, 0.05) is 61.4 Å². The number of aliphatic hydroxyl groups is 2. The van der Waals surface area contributed by atoms with E-state index in [0.717, 1.165) is 53.9 Å². The second kappa shape index (κ2) is 20.7. The van der Waals surface area contributed by atoms with Crippen LogP contribution in [-0.2, 0) is 16.2 Å². The van der Waals surface area contributed by atoms with Crippen molar-refractivity contribution in [3.05, 3.63) is 166 Å². The molecule has 1 amide bonds. The molecule has 6 atom stereocenters. The molecular formula is C53H55N3O10. The minimum absolute atomic E-state index is 0.00298. The first-order chi connectivity index (χ1) is 32.2. The first-order valence-corrected chi connectivity index (χ1v) is 22.6. The van der Waals surface area contributed by atoms with Crippen molar-refractivity contribution in [1.82, 2.24) is 4.90 Å². The summed E-state index contributed by atoms with van der Waals surface area (Å²) >= 11 is 0. The van der Waals surface area contributed by atoms with Gasteiger partial charge in [-0.25, -0.2) is 0 Å². The molecule has 0 radical (unpaired) electrons. The third kappa shape index (κ3) is 9.51. The lowest BCUT2D eigenvalue weighted by atomic mass is 9.55. The quantitative estimate of drug-likeness (QED) is 0.0252. The third-order valence-electron chi connectivity index (χ3n) is 13.2. The van der Waals surface area contributed by atoms with Crippen LogP contribution in [0.15, 0.2) is 139 Å². The van der Waals surface area contributed by atoms with E-state index >= 15 is 0 Å². The fourth-order valence-corrected chi connectivity index (χ4v) is 10.1. The van der Waals surface area contributed by atoms with Gasteiger partial charge in [-0.05, 0) is 114 Å². The predicted molar refractivity (Wildman–Crippen MR) is 251 cm³/mol. The molecule has 0 saturated heterocycles. The van der Waals surface area contributed by atoms with Crippen molar-refractivity contribution in [3.8, 4) is 17.2 Å². The Hall–Kier alpha value is -6.67. The molecule has 0 bridgehead atoms. The van der Waals surface area contributed by atoms with Gasteiger partial charge in [-0.15, -0.1) is 6.58 Å². The first kappa shape index (κ1) is 45.9. The number of oxime groups is 1. The van der Waals surface area contributed by atoms with E-state index in [1.54, 1.807) is 54.4 Å². The molecule has 1 fully saturated rings. The van der Waals surface area contributed by atoms with Crippen LogP contribution < -0.4 is 9.47 Å². The Morgan fingerprint density at radius 3 is 2.42 bits per heavy atom. The molecule has 5 aromatic carbocycles. The number of carbonyl (C=O) groups excluding carboxylic acids is 2. The second-order valence-corrected chi connectivity index (χ2v) is 17.2. The van der Waals surface area contributed by atoms with Gasteiger partial charge in [0.1, 0.15) is 36.2 Å². The van der Waals surface area contributed by atoms with Crippen LogP contribution in [0, 0.1) is 27.9 Å². The highest BCUT2D eigenvalue weighted by Gasteiger charge is 2.65. The highest BCUT2D eigenvalue weighted by Crippen LogP contribution is 2.62. The number of unbranched alkanes of at least 4 members (excludes halogenated alkanes) is 2. The van der Waals surface area contributed by atoms with Crippen LogP contribution in [-0.4, -0.2) is 76.6 Å². The number of likely N-dealkylation sites (N-methyl/N-ethyl adjacent to an activating group) is 1. The second-order valence-electron chi connectivity index (χ2n) is 17.2. The van der Waals surface area contributed by atoms with Crippen LogP contribution in [0.1, 0.15) is 82.7 Å². The summed E-state index contributed by atoms with van der Waals surface area (Å²) in [5.41, 5.74) is 3.98. The number of aldehydes is 1. The van der Waals surface area contributed by atoms with Crippen molar-refractivity contribution in [3.63, 3.8) is 0 Å². The van der Waals surface area contributed by atoms with Gasteiger partial charge in [-0.3, -0.25) is 19.7 Å². The summed E-state index contributed by atoms with van der Waals surface area (Å²) in [4.78, 5) is 45.4. The molecule has 0 unspecified atom stereocenters. The average Bonchev–Trinajstić information content (AvgIpc) is 3.34. The summed E-state index contributed by atoms with van der Waals surface area (Å²) in [7, 11) is 1.77. The largest absolute Gasteiger partial charge is 0.459 e. The van der Waals surface area contributed by atoms with Crippen molar-refractivity contribution in [2.24, 2.45) is 22.9 Å². The third-order valence-corrected chi connectivity index (χ3v) is 13.2.